The van der Waals surface area contributed by atoms with Gasteiger partial charge in [0.25, 0.3) is 0 Å². The van der Waals surface area contributed by atoms with Gasteiger partial charge in [0, 0.05) is 0 Å². The summed E-state index contributed by atoms with van der Waals surface area (Å²) in [4.78, 5) is 0. The maximum Gasteiger partial charge on any atom is -0.0386 e. The summed E-state index contributed by atoms with van der Waals surface area (Å²) in [6.45, 7) is 11.8. The highest BCUT2D eigenvalue weighted by Gasteiger charge is 2.18. The molecule has 0 bridgehead atoms. The molecule has 3 atom stereocenters. The molecule has 15 heavy (non-hydrogen) atoms. The topological polar surface area (TPSA) is 0 Å². The normalized spacial score (nSPS) is 17.4. The Morgan fingerprint density at radius 2 is 1.40 bits per heavy atom. The molecule has 0 heteroatoms. The zero-order valence-electron chi connectivity index (χ0n) is 11.7. The van der Waals surface area contributed by atoms with E-state index in [9.17, 15) is 0 Å². The van der Waals surface area contributed by atoms with Crippen molar-refractivity contribution in [1.29, 1.82) is 0 Å². The van der Waals surface area contributed by atoms with Gasteiger partial charge in [-0.3, -0.25) is 0 Å². The average Bonchev–Trinajstić information content (AvgIpc) is 2.26. The molecule has 0 aliphatic carbocycles. The molecule has 0 N–H and O–H groups in total. The monoisotopic (exact) mass is 212 g/mol. The van der Waals surface area contributed by atoms with E-state index in [0.717, 1.165) is 17.8 Å². The van der Waals surface area contributed by atoms with E-state index in [4.69, 9.17) is 0 Å². The standard InChI is InChI=1S/C15H32/c1-6-10-14(9-4)12-15(11-7-2)13(5)8-3/h13-15H,6-12H2,1-5H3. The van der Waals surface area contributed by atoms with Crippen molar-refractivity contribution in [3.63, 3.8) is 0 Å². The van der Waals surface area contributed by atoms with Crippen LogP contribution in [0.1, 0.15) is 79.6 Å². The third-order valence-corrected chi connectivity index (χ3v) is 4.02. The first-order valence-corrected chi connectivity index (χ1v) is 7.19. The molecule has 0 aromatic rings. The number of hydrogen-bond donors (Lipinski definition) is 0. The van der Waals surface area contributed by atoms with Gasteiger partial charge in [0.1, 0.15) is 0 Å². The molecule has 0 aromatic carbocycles. The Bertz CT molecular complexity index is 128. The van der Waals surface area contributed by atoms with Crippen molar-refractivity contribution >= 4 is 0 Å². The fourth-order valence-electron chi connectivity index (χ4n) is 2.66. The van der Waals surface area contributed by atoms with Crippen molar-refractivity contribution in [2.24, 2.45) is 17.8 Å². The van der Waals surface area contributed by atoms with Crippen LogP contribution in [0.5, 0.6) is 0 Å². The average molecular weight is 212 g/mol. The van der Waals surface area contributed by atoms with Crippen molar-refractivity contribution in [2.45, 2.75) is 79.6 Å². The zero-order valence-corrected chi connectivity index (χ0v) is 11.7. The minimum atomic E-state index is 0.927. The first-order chi connectivity index (χ1) is 7.19. The van der Waals surface area contributed by atoms with Crippen LogP contribution in [-0.4, -0.2) is 0 Å². The number of rotatable bonds is 9. The first-order valence-electron chi connectivity index (χ1n) is 7.19. The molecule has 0 saturated heterocycles. The van der Waals surface area contributed by atoms with E-state index in [2.05, 4.69) is 34.6 Å². The van der Waals surface area contributed by atoms with Gasteiger partial charge in [0.15, 0.2) is 0 Å². The van der Waals surface area contributed by atoms with Crippen molar-refractivity contribution in [3.05, 3.63) is 0 Å². The Kier molecular flexibility index (Phi) is 9.24. The highest BCUT2D eigenvalue weighted by Crippen LogP contribution is 2.30. The van der Waals surface area contributed by atoms with Gasteiger partial charge in [-0.1, -0.05) is 73.1 Å². The summed E-state index contributed by atoms with van der Waals surface area (Å²) in [5, 5.41) is 0. The van der Waals surface area contributed by atoms with Gasteiger partial charge in [-0.2, -0.15) is 0 Å². The van der Waals surface area contributed by atoms with Crippen molar-refractivity contribution in [2.75, 3.05) is 0 Å². The van der Waals surface area contributed by atoms with E-state index in [1.54, 1.807) is 0 Å². The number of hydrogen-bond acceptors (Lipinski definition) is 0. The van der Waals surface area contributed by atoms with Gasteiger partial charge < -0.3 is 0 Å². The molecule has 0 heterocycles. The Hall–Kier alpha value is 0. The van der Waals surface area contributed by atoms with Crippen molar-refractivity contribution in [1.82, 2.24) is 0 Å². The van der Waals surface area contributed by atoms with Gasteiger partial charge in [-0.05, 0) is 24.2 Å². The maximum absolute atomic E-state index is 2.44. The van der Waals surface area contributed by atoms with Crippen LogP contribution in [0.25, 0.3) is 0 Å². The van der Waals surface area contributed by atoms with Crippen LogP contribution in [0.15, 0.2) is 0 Å². The third kappa shape index (κ3) is 6.22. The molecule has 0 aliphatic heterocycles. The zero-order chi connectivity index (χ0) is 11.7. The van der Waals surface area contributed by atoms with E-state index in [1.807, 2.05) is 0 Å². The molecular weight excluding hydrogens is 180 g/mol. The van der Waals surface area contributed by atoms with Crippen LogP contribution in [0, 0.1) is 17.8 Å². The SMILES string of the molecule is CCCC(CC)CC(CCC)C(C)CC. The van der Waals surface area contributed by atoms with Crippen LogP contribution in [0.3, 0.4) is 0 Å². The van der Waals surface area contributed by atoms with E-state index in [0.29, 0.717) is 0 Å². The van der Waals surface area contributed by atoms with Crippen LogP contribution in [0.4, 0.5) is 0 Å². The van der Waals surface area contributed by atoms with Crippen molar-refractivity contribution < 1.29 is 0 Å². The lowest BCUT2D eigenvalue weighted by Crippen LogP contribution is -2.15. The first kappa shape index (κ1) is 15.0. The predicted molar refractivity (Wildman–Crippen MR) is 71.2 cm³/mol. The van der Waals surface area contributed by atoms with Crippen LogP contribution in [-0.2, 0) is 0 Å². The van der Waals surface area contributed by atoms with Crippen LogP contribution >= 0.6 is 0 Å². The minimum Gasteiger partial charge on any atom is -0.0654 e. The molecule has 0 aliphatic rings. The Morgan fingerprint density at radius 1 is 0.800 bits per heavy atom. The molecule has 0 nitrogen and oxygen atoms in total. The summed E-state index contributed by atoms with van der Waals surface area (Å²) in [7, 11) is 0. The molecule has 0 rings (SSSR count). The van der Waals surface area contributed by atoms with Crippen LogP contribution < -0.4 is 0 Å². The Labute approximate surface area is 97.8 Å². The second-order valence-corrected chi connectivity index (χ2v) is 5.23. The highest BCUT2D eigenvalue weighted by molar-refractivity contribution is 4.70. The molecule has 0 fully saturated rings. The molecule has 0 radical (unpaired) electrons. The quantitative estimate of drug-likeness (QED) is 0.462. The minimum absolute atomic E-state index is 0.927. The fraction of sp³-hybridized carbons (Fsp3) is 1.00. The van der Waals surface area contributed by atoms with Gasteiger partial charge in [-0.15, -0.1) is 0 Å². The summed E-state index contributed by atoms with van der Waals surface area (Å²) in [5.41, 5.74) is 0. The summed E-state index contributed by atoms with van der Waals surface area (Å²) in [6, 6.07) is 0. The summed E-state index contributed by atoms with van der Waals surface area (Å²) in [5.74, 6) is 2.90. The van der Waals surface area contributed by atoms with Crippen molar-refractivity contribution in [3.8, 4) is 0 Å². The second-order valence-electron chi connectivity index (χ2n) is 5.23. The largest absolute Gasteiger partial charge is 0.0654 e. The molecule has 0 aromatic heterocycles. The summed E-state index contributed by atoms with van der Waals surface area (Å²) < 4.78 is 0. The lowest BCUT2D eigenvalue weighted by molar-refractivity contribution is 0.246. The van der Waals surface area contributed by atoms with E-state index in [-0.39, 0.29) is 0 Å². The van der Waals surface area contributed by atoms with Gasteiger partial charge in [0.05, 0.1) is 0 Å². The Balaban J connectivity index is 4.10. The Morgan fingerprint density at radius 3 is 1.80 bits per heavy atom. The smallest absolute Gasteiger partial charge is 0.0386 e. The molecular formula is C15H32. The maximum atomic E-state index is 2.44. The molecule has 0 amide bonds. The fourth-order valence-corrected chi connectivity index (χ4v) is 2.66. The summed E-state index contributed by atoms with van der Waals surface area (Å²) >= 11 is 0. The van der Waals surface area contributed by atoms with Gasteiger partial charge in [0.2, 0.25) is 0 Å². The lowest BCUT2D eigenvalue weighted by Gasteiger charge is -2.27. The van der Waals surface area contributed by atoms with E-state index in [1.165, 1.54) is 44.9 Å². The lowest BCUT2D eigenvalue weighted by atomic mass is 9.79. The predicted octanol–water partition coefficient (Wildman–Crippen LogP) is 5.67. The van der Waals surface area contributed by atoms with Crippen LogP contribution in [0.2, 0.25) is 0 Å². The third-order valence-electron chi connectivity index (χ3n) is 4.02. The van der Waals surface area contributed by atoms with Gasteiger partial charge >= 0.3 is 0 Å². The molecule has 92 valence electrons. The van der Waals surface area contributed by atoms with E-state index >= 15 is 0 Å². The summed E-state index contributed by atoms with van der Waals surface area (Å²) in [6.07, 6.45) is 9.81. The molecule has 0 saturated carbocycles. The van der Waals surface area contributed by atoms with E-state index < -0.39 is 0 Å². The van der Waals surface area contributed by atoms with Gasteiger partial charge in [-0.25, -0.2) is 0 Å². The molecule has 0 spiro atoms. The second kappa shape index (κ2) is 9.24. The molecule has 3 unspecified atom stereocenters. The highest BCUT2D eigenvalue weighted by atomic mass is 14.2.